The minimum absolute atomic E-state index is 0.119. The molecule has 5 aromatic rings. The number of phenolic OH excluding ortho intramolecular Hbond substituents is 3. The Morgan fingerprint density at radius 2 is 1.52 bits per heavy atom. The Hall–Kier alpha value is -4.02. The summed E-state index contributed by atoms with van der Waals surface area (Å²) in [5.74, 6) is 0.439. The van der Waals surface area contributed by atoms with Crippen LogP contribution in [0.3, 0.4) is 0 Å². The van der Waals surface area contributed by atoms with Gasteiger partial charge >= 0.3 is 0 Å². The Balaban J connectivity index is 1.76. The lowest BCUT2D eigenvalue weighted by atomic mass is 9.79. The number of aliphatic hydroxyl groups excluding tert-OH is 1. The van der Waals surface area contributed by atoms with Crippen molar-refractivity contribution in [3.63, 3.8) is 0 Å². The number of hydrogen-bond donors (Lipinski definition) is 4. The van der Waals surface area contributed by atoms with Crippen LogP contribution in [0, 0.1) is 0 Å². The van der Waals surface area contributed by atoms with Crippen LogP contribution in [0.15, 0.2) is 78.9 Å². The Bertz CT molecular complexity index is 1540. The van der Waals surface area contributed by atoms with Gasteiger partial charge in [-0.2, -0.15) is 0 Å². The van der Waals surface area contributed by atoms with Gasteiger partial charge in [-0.05, 0) is 74.5 Å². The topological polar surface area (TPSA) is 80.9 Å². The fourth-order valence-electron chi connectivity index (χ4n) is 5.28. The SMILES string of the molecule is Oc1ccc(-c2c(O)c3c4c(ccc5cc(O)cc(c54)C(O)C3)c2Cc2ccccc2)cc1. The van der Waals surface area contributed by atoms with Crippen molar-refractivity contribution in [2.45, 2.75) is 18.9 Å². The van der Waals surface area contributed by atoms with Gasteiger partial charge in [-0.3, -0.25) is 0 Å². The van der Waals surface area contributed by atoms with Crippen LogP contribution in [-0.2, 0) is 12.8 Å². The highest BCUT2D eigenvalue weighted by Crippen LogP contribution is 2.50. The molecule has 0 saturated carbocycles. The maximum absolute atomic E-state index is 11.6. The number of phenols is 3. The van der Waals surface area contributed by atoms with Gasteiger partial charge in [0, 0.05) is 17.5 Å². The van der Waals surface area contributed by atoms with Crippen LogP contribution in [0.2, 0.25) is 0 Å². The summed E-state index contributed by atoms with van der Waals surface area (Å²) in [6.45, 7) is 0. The molecular weight excluding hydrogens is 412 g/mol. The number of benzene rings is 5. The maximum atomic E-state index is 11.6. The summed E-state index contributed by atoms with van der Waals surface area (Å²) >= 11 is 0. The number of hydrogen-bond acceptors (Lipinski definition) is 4. The second-order valence-corrected chi connectivity index (χ2v) is 8.73. The van der Waals surface area contributed by atoms with E-state index in [0.29, 0.717) is 17.5 Å². The Labute approximate surface area is 190 Å². The minimum Gasteiger partial charge on any atom is -0.508 e. The van der Waals surface area contributed by atoms with Crippen molar-refractivity contribution in [2.75, 3.05) is 0 Å². The molecule has 0 radical (unpaired) electrons. The molecular formula is C29H22O4. The van der Waals surface area contributed by atoms with Crippen LogP contribution in [0.5, 0.6) is 17.2 Å². The van der Waals surface area contributed by atoms with Gasteiger partial charge in [0.15, 0.2) is 0 Å². The first-order valence-corrected chi connectivity index (χ1v) is 11.0. The third-order valence-electron chi connectivity index (χ3n) is 6.72. The highest BCUT2D eigenvalue weighted by atomic mass is 16.3. The van der Waals surface area contributed by atoms with E-state index in [1.165, 1.54) is 0 Å². The van der Waals surface area contributed by atoms with E-state index >= 15 is 0 Å². The van der Waals surface area contributed by atoms with Gasteiger partial charge in [-0.25, -0.2) is 0 Å². The molecule has 0 fully saturated rings. The predicted molar refractivity (Wildman–Crippen MR) is 130 cm³/mol. The van der Waals surface area contributed by atoms with Crippen molar-refractivity contribution < 1.29 is 20.4 Å². The molecule has 0 aliphatic heterocycles. The molecule has 0 amide bonds. The van der Waals surface area contributed by atoms with E-state index in [0.717, 1.165) is 43.8 Å². The average Bonchev–Trinajstić information content (AvgIpc) is 2.81. The van der Waals surface area contributed by atoms with Gasteiger partial charge in [0.2, 0.25) is 0 Å². The van der Waals surface area contributed by atoms with Gasteiger partial charge in [0.25, 0.3) is 0 Å². The van der Waals surface area contributed by atoms with Gasteiger partial charge in [0.1, 0.15) is 17.2 Å². The Kier molecular flexibility index (Phi) is 4.32. The summed E-state index contributed by atoms with van der Waals surface area (Å²) < 4.78 is 0. The number of rotatable bonds is 3. The molecule has 6 rings (SSSR count). The quantitative estimate of drug-likeness (QED) is 0.264. The second kappa shape index (κ2) is 7.26. The van der Waals surface area contributed by atoms with Gasteiger partial charge in [0.05, 0.1) is 6.10 Å². The van der Waals surface area contributed by atoms with Crippen LogP contribution >= 0.6 is 0 Å². The first-order valence-electron chi connectivity index (χ1n) is 11.0. The summed E-state index contributed by atoms with van der Waals surface area (Å²) in [5.41, 5.74) is 5.02. The lowest BCUT2D eigenvalue weighted by molar-refractivity contribution is 0.178. The third-order valence-corrected chi connectivity index (χ3v) is 6.72. The second-order valence-electron chi connectivity index (χ2n) is 8.73. The fourth-order valence-corrected chi connectivity index (χ4v) is 5.28. The smallest absolute Gasteiger partial charge is 0.127 e. The zero-order valence-corrected chi connectivity index (χ0v) is 17.8. The Morgan fingerprint density at radius 3 is 2.27 bits per heavy atom. The summed E-state index contributed by atoms with van der Waals surface area (Å²) in [7, 11) is 0. The monoisotopic (exact) mass is 434 g/mol. The van der Waals surface area contributed by atoms with Crippen LogP contribution in [-0.4, -0.2) is 20.4 Å². The summed E-state index contributed by atoms with van der Waals surface area (Å²) in [6, 6.07) is 24.3. The lowest BCUT2D eigenvalue weighted by Crippen LogP contribution is -2.11. The van der Waals surface area contributed by atoms with Crippen molar-refractivity contribution in [2.24, 2.45) is 0 Å². The van der Waals surface area contributed by atoms with Gasteiger partial charge in [-0.1, -0.05) is 54.6 Å². The molecule has 162 valence electrons. The zero-order valence-electron chi connectivity index (χ0n) is 17.8. The predicted octanol–water partition coefficient (Wildman–Crippen LogP) is 5.96. The molecule has 0 bridgehead atoms. The summed E-state index contributed by atoms with van der Waals surface area (Å²) in [6.07, 6.45) is 0.0496. The van der Waals surface area contributed by atoms with Crippen molar-refractivity contribution in [1.82, 2.24) is 0 Å². The molecule has 5 aromatic carbocycles. The molecule has 1 unspecified atom stereocenters. The number of aromatic hydroxyl groups is 3. The van der Waals surface area contributed by atoms with Gasteiger partial charge < -0.3 is 20.4 Å². The van der Waals surface area contributed by atoms with Crippen molar-refractivity contribution in [3.05, 3.63) is 101 Å². The molecule has 1 aliphatic carbocycles. The molecule has 0 saturated heterocycles. The van der Waals surface area contributed by atoms with Crippen LogP contribution in [0.4, 0.5) is 0 Å². The summed E-state index contributed by atoms with van der Waals surface area (Å²) in [4.78, 5) is 0. The molecule has 0 spiro atoms. The van der Waals surface area contributed by atoms with E-state index in [9.17, 15) is 20.4 Å². The molecule has 0 heterocycles. The normalized spacial score (nSPS) is 14.9. The largest absolute Gasteiger partial charge is 0.508 e. The molecule has 33 heavy (non-hydrogen) atoms. The molecule has 4 nitrogen and oxygen atoms in total. The first kappa shape index (κ1) is 19.6. The van der Waals surface area contributed by atoms with Gasteiger partial charge in [-0.15, -0.1) is 0 Å². The Morgan fingerprint density at radius 1 is 0.758 bits per heavy atom. The van der Waals surface area contributed by atoms with Crippen LogP contribution in [0.25, 0.3) is 32.7 Å². The standard InChI is InChI=1S/C29H22O4/c30-19-9-6-17(7-10-19)27-22(12-16-4-2-1-3-5-16)21-11-8-18-13-20(31)14-23-25(32)15-24(29(27)33)28(21)26(18)23/h1-11,13-14,25,30-33H,12,15H2. The van der Waals surface area contributed by atoms with E-state index < -0.39 is 6.10 Å². The average molecular weight is 434 g/mol. The zero-order chi connectivity index (χ0) is 22.7. The van der Waals surface area contributed by atoms with E-state index in [1.54, 1.807) is 36.4 Å². The molecule has 0 aromatic heterocycles. The maximum Gasteiger partial charge on any atom is 0.127 e. The number of aliphatic hydroxyl groups is 1. The molecule has 1 aliphatic rings. The van der Waals surface area contributed by atoms with E-state index in [4.69, 9.17) is 0 Å². The van der Waals surface area contributed by atoms with E-state index in [-0.39, 0.29) is 23.7 Å². The van der Waals surface area contributed by atoms with E-state index in [1.807, 2.05) is 30.3 Å². The minimum atomic E-state index is -0.823. The van der Waals surface area contributed by atoms with E-state index in [2.05, 4.69) is 12.1 Å². The van der Waals surface area contributed by atoms with Crippen LogP contribution < -0.4 is 0 Å². The van der Waals surface area contributed by atoms with Crippen molar-refractivity contribution in [1.29, 1.82) is 0 Å². The molecule has 4 N–H and O–H groups in total. The summed E-state index contributed by atoms with van der Waals surface area (Å²) in [5, 5.41) is 46.2. The van der Waals surface area contributed by atoms with Crippen molar-refractivity contribution >= 4 is 21.5 Å². The van der Waals surface area contributed by atoms with Crippen LogP contribution in [0.1, 0.15) is 28.4 Å². The molecule has 1 atom stereocenters. The fraction of sp³-hybridized carbons (Fsp3) is 0.103. The van der Waals surface area contributed by atoms with Crippen molar-refractivity contribution in [3.8, 4) is 28.4 Å². The highest BCUT2D eigenvalue weighted by Gasteiger charge is 2.29. The third kappa shape index (κ3) is 3.03. The first-order chi connectivity index (χ1) is 16.0. The highest BCUT2D eigenvalue weighted by molar-refractivity contribution is 6.15. The lowest BCUT2D eigenvalue weighted by Gasteiger charge is -2.27. The molecule has 4 heteroatoms.